The molecule has 0 aliphatic heterocycles. The third kappa shape index (κ3) is 2.74. The standard InChI is InChI=1S/C14H18ClN3/c1-3-11(16)9-12-13(15)5-4-6-14(12)18-8-7-10(2)17-18/h4-8,11H,3,9,16H2,1-2H3. The number of hydrogen-bond acceptors (Lipinski definition) is 2. The van der Waals surface area contributed by atoms with E-state index in [-0.39, 0.29) is 6.04 Å². The fraction of sp³-hybridized carbons (Fsp3) is 0.357. The van der Waals surface area contributed by atoms with Crippen LogP contribution in [-0.4, -0.2) is 15.8 Å². The molecule has 0 amide bonds. The number of aryl methyl sites for hydroxylation is 1. The van der Waals surface area contributed by atoms with Gasteiger partial charge < -0.3 is 5.73 Å². The van der Waals surface area contributed by atoms with Gasteiger partial charge in [-0.3, -0.25) is 0 Å². The number of rotatable bonds is 4. The lowest BCUT2D eigenvalue weighted by Gasteiger charge is -2.15. The monoisotopic (exact) mass is 263 g/mol. The van der Waals surface area contributed by atoms with Gasteiger partial charge in [0, 0.05) is 17.3 Å². The molecule has 0 spiro atoms. The summed E-state index contributed by atoms with van der Waals surface area (Å²) >= 11 is 6.29. The molecule has 4 heteroatoms. The normalized spacial score (nSPS) is 12.7. The Morgan fingerprint density at radius 1 is 1.39 bits per heavy atom. The minimum Gasteiger partial charge on any atom is -0.327 e. The van der Waals surface area contributed by atoms with Crippen LogP contribution in [0.15, 0.2) is 30.5 Å². The fourth-order valence-corrected chi connectivity index (χ4v) is 2.17. The molecule has 2 aromatic rings. The Balaban J connectivity index is 2.43. The van der Waals surface area contributed by atoms with Gasteiger partial charge in [-0.15, -0.1) is 0 Å². The van der Waals surface area contributed by atoms with Crippen molar-refractivity contribution >= 4 is 11.6 Å². The van der Waals surface area contributed by atoms with Gasteiger partial charge in [0.15, 0.2) is 0 Å². The Labute approximate surface area is 113 Å². The van der Waals surface area contributed by atoms with E-state index in [4.69, 9.17) is 17.3 Å². The Hall–Kier alpha value is -1.32. The fourth-order valence-electron chi connectivity index (χ4n) is 1.92. The van der Waals surface area contributed by atoms with E-state index in [1.165, 1.54) is 0 Å². The highest BCUT2D eigenvalue weighted by Gasteiger charge is 2.12. The molecule has 0 saturated heterocycles. The molecule has 96 valence electrons. The molecule has 1 aromatic heterocycles. The van der Waals surface area contributed by atoms with Crippen LogP contribution in [-0.2, 0) is 6.42 Å². The van der Waals surface area contributed by atoms with Crippen molar-refractivity contribution in [1.82, 2.24) is 9.78 Å². The second-order valence-corrected chi connectivity index (χ2v) is 4.92. The molecular formula is C14H18ClN3. The summed E-state index contributed by atoms with van der Waals surface area (Å²) in [5.41, 5.74) is 9.10. The molecular weight excluding hydrogens is 246 g/mol. The summed E-state index contributed by atoms with van der Waals surface area (Å²) in [6.07, 6.45) is 3.65. The van der Waals surface area contributed by atoms with E-state index in [0.29, 0.717) is 0 Å². The molecule has 0 radical (unpaired) electrons. The first-order valence-electron chi connectivity index (χ1n) is 6.17. The maximum atomic E-state index is 6.29. The second-order valence-electron chi connectivity index (χ2n) is 4.51. The quantitative estimate of drug-likeness (QED) is 0.921. The molecule has 18 heavy (non-hydrogen) atoms. The summed E-state index contributed by atoms with van der Waals surface area (Å²) in [5, 5.41) is 5.19. The van der Waals surface area contributed by atoms with Crippen LogP contribution in [0.3, 0.4) is 0 Å². The zero-order valence-electron chi connectivity index (χ0n) is 10.7. The molecule has 1 aromatic carbocycles. The lowest BCUT2D eigenvalue weighted by atomic mass is 10.0. The van der Waals surface area contributed by atoms with E-state index in [0.717, 1.165) is 34.8 Å². The average Bonchev–Trinajstić information content (AvgIpc) is 2.78. The van der Waals surface area contributed by atoms with Gasteiger partial charge in [0.05, 0.1) is 11.4 Å². The number of benzene rings is 1. The molecule has 2 rings (SSSR count). The van der Waals surface area contributed by atoms with E-state index in [1.54, 1.807) is 0 Å². The van der Waals surface area contributed by atoms with Crippen LogP contribution in [0.4, 0.5) is 0 Å². The first-order valence-corrected chi connectivity index (χ1v) is 6.55. The van der Waals surface area contributed by atoms with Crippen molar-refractivity contribution in [3.05, 3.63) is 46.7 Å². The van der Waals surface area contributed by atoms with Crippen molar-refractivity contribution in [2.24, 2.45) is 5.73 Å². The van der Waals surface area contributed by atoms with Crippen molar-refractivity contribution < 1.29 is 0 Å². The van der Waals surface area contributed by atoms with E-state index in [1.807, 2.05) is 42.1 Å². The Bertz CT molecular complexity index is 534. The van der Waals surface area contributed by atoms with Crippen molar-refractivity contribution in [2.75, 3.05) is 0 Å². The van der Waals surface area contributed by atoms with Crippen LogP contribution in [0.25, 0.3) is 5.69 Å². The molecule has 2 N–H and O–H groups in total. The number of halogens is 1. The molecule has 1 unspecified atom stereocenters. The van der Waals surface area contributed by atoms with Gasteiger partial charge in [-0.1, -0.05) is 24.6 Å². The Morgan fingerprint density at radius 3 is 2.78 bits per heavy atom. The van der Waals surface area contributed by atoms with Crippen LogP contribution < -0.4 is 5.73 Å². The molecule has 0 fully saturated rings. The second kappa shape index (κ2) is 5.55. The van der Waals surface area contributed by atoms with Gasteiger partial charge in [0.1, 0.15) is 0 Å². The van der Waals surface area contributed by atoms with Crippen molar-refractivity contribution in [2.45, 2.75) is 32.7 Å². The van der Waals surface area contributed by atoms with E-state index < -0.39 is 0 Å². The van der Waals surface area contributed by atoms with Gasteiger partial charge in [-0.2, -0.15) is 5.10 Å². The SMILES string of the molecule is CCC(N)Cc1c(Cl)cccc1-n1ccc(C)n1. The number of nitrogens with zero attached hydrogens (tertiary/aromatic N) is 2. The predicted octanol–water partition coefficient (Wildman–Crippen LogP) is 3.11. The lowest BCUT2D eigenvalue weighted by Crippen LogP contribution is -2.22. The van der Waals surface area contributed by atoms with E-state index >= 15 is 0 Å². The molecule has 1 heterocycles. The number of hydrogen-bond donors (Lipinski definition) is 1. The Kier molecular flexibility index (Phi) is 4.04. The topological polar surface area (TPSA) is 43.8 Å². The van der Waals surface area contributed by atoms with Crippen molar-refractivity contribution in [3.8, 4) is 5.69 Å². The summed E-state index contributed by atoms with van der Waals surface area (Å²) in [7, 11) is 0. The first kappa shape index (κ1) is 13.1. The minimum atomic E-state index is 0.125. The molecule has 0 aliphatic carbocycles. The molecule has 0 aliphatic rings. The first-order chi connectivity index (χ1) is 8.61. The predicted molar refractivity (Wildman–Crippen MR) is 75.3 cm³/mol. The van der Waals surface area contributed by atoms with Crippen molar-refractivity contribution in [1.29, 1.82) is 0 Å². The van der Waals surface area contributed by atoms with Gasteiger partial charge in [-0.25, -0.2) is 4.68 Å². The van der Waals surface area contributed by atoms with Gasteiger partial charge in [0.2, 0.25) is 0 Å². The summed E-state index contributed by atoms with van der Waals surface area (Å²) in [6, 6.07) is 7.97. The van der Waals surface area contributed by atoms with Gasteiger partial charge in [0.25, 0.3) is 0 Å². The minimum absolute atomic E-state index is 0.125. The lowest BCUT2D eigenvalue weighted by molar-refractivity contribution is 0.642. The third-order valence-corrected chi connectivity index (χ3v) is 3.41. The van der Waals surface area contributed by atoms with E-state index in [2.05, 4.69) is 12.0 Å². The third-order valence-electron chi connectivity index (χ3n) is 3.05. The highest BCUT2D eigenvalue weighted by Crippen LogP contribution is 2.24. The average molecular weight is 264 g/mol. The zero-order valence-corrected chi connectivity index (χ0v) is 11.5. The highest BCUT2D eigenvalue weighted by atomic mass is 35.5. The maximum Gasteiger partial charge on any atom is 0.0693 e. The van der Waals surface area contributed by atoms with Crippen LogP contribution >= 0.6 is 11.6 Å². The van der Waals surface area contributed by atoms with Gasteiger partial charge in [-0.05, 0) is 43.5 Å². The maximum absolute atomic E-state index is 6.29. The van der Waals surface area contributed by atoms with Crippen LogP contribution in [0.2, 0.25) is 5.02 Å². The molecule has 0 saturated carbocycles. The zero-order chi connectivity index (χ0) is 13.1. The number of nitrogens with two attached hydrogens (primary N) is 1. The summed E-state index contributed by atoms with van der Waals surface area (Å²) < 4.78 is 1.86. The molecule has 0 bridgehead atoms. The van der Waals surface area contributed by atoms with Crippen molar-refractivity contribution in [3.63, 3.8) is 0 Å². The summed E-state index contributed by atoms with van der Waals surface area (Å²) in [5.74, 6) is 0. The largest absolute Gasteiger partial charge is 0.327 e. The van der Waals surface area contributed by atoms with Gasteiger partial charge >= 0.3 is 0 Å². The number of aromatic nitrogens is 2. The molecule has 1 atom stereocenters. The van der Waals surface area contributed by atoms with Crippen LogP contribution in [0.5, 0.6) is 0 Å². The smallest absolute Gasteiger partial charge is 0.0693 e. The van der Waals surface area contributed by atoms with Crippen LogP contribution in [0.1, 0.15) is 24.6 Å². The summed E-state index contributed by atoms with van der Waals surface area (Å²) in [4.78, 5) is 0. The van der Waals surface area contributed by atoms with E-state index in [9.17, 15) is 0 Å². The van der Waals surface area contributed by atoms with Crippen LogP contribution in [0, 0.1) is 6.92 Å². The highest BCUT2D eigenvalue weighted by molar-refractivity contribution is 6.31. The Morgan fingerprint density at radius 2 is 2.17 bits per heavy atom. The summed E-state index contributed by atoms with van der Waals surface area (Å²) in [6.45, 7) is 4.05. The molecule has 3 nitrogen and oxygen atoms in total.